The quantitative estimate of drug-likeness (QED) is 0.568. The Morgan fingerprint density at radius 3 is 2.75 bits per heavy atom. The molecule has 1 aromatic carbocycles. The second-order valence-corrected chi connectivity index (χ2v) is 3.85. The molecule has 0 bridgehead atoms. The number of nitrogens with zero attached hydrogens (tertiary/aromatic N) is 1. The Morgan fingerprint density at radius 2 is 2.19 bits per heavy atom. The standard InChI is InChI=1S/C11H13NO4/c1-15-10-5-4-9(12(13)14)6-11(10)16-7-8-2-3-8/h4-6,8H,2-3,7H2,1H3. The lowest BCUT2D eigenvalue weighted by atomic mass is 10.3. The second-order valence-electron chi connectivity index (χ2n) is 3.85. The highest BCUT2D eigenvalue weighted by molar-refractivity contribution is 5.48. The summed E-state index contributed by atoms with van der Waals surface area (Å²) in [4.78, 5) is 10.2. The molecule has 0 unspecified atom stereocenters. The van der Waals surface area contributed by atoms with Crippen LogP contribution in [0.1, 0.15) is 12.8 Å². The fourth-order valence-electron chi connectivity index (χ4n) is 1.38. The molecule has 0 saturated heterocycles. The fraction of sp³-hybridized carbons (Fsp3) is 0.455. The summed E-state index contributed by atoms with van der Waals surface area (Å²) in [7, 11) is 1.52. The van der Waals surface area contributed by atoms with Gasteiger partial charge in [-0.2, -0.15) is 0 Å². The van der Waals surface area contributed by atoms with Crippen LogP contribution in [0.15, 0.2) is 18.2 Å². The minimum atomic E-state index is -0.441. The van der Waals surface area contributed by atoms with Gasteiger partial charge >= 0.3 is 0 Å². The molecule has 86 valence electrons. The molecule has 0 radical (unpaired) electrons. The molecule has 0 heterocycles. The highest BCUT2D eigenvalue weighted by Crippen LogP contribution is 2.34. The molecule has 2 rings (SSSR count). The van der Waals surface area contributed by atoms with Gasteiger partial charge in [0.1, 0.15) is 0 Å². The molecule has 16 heavy (non-hydrogen) atoms. The van der Waals surface area contributed by atoms with E-state index >= 15 is 0 Å². The van der Waals surface area contributed by atoms with E-state index in [2.05, 4.69) is 0 Å². The summed E-state index contributed by atoms with van der Waals surface area (Å²) < 4.78 is 10.6. The molecule has 0 N–H and O–H groups in total. The van der Waals surface area contributed by atoms with Crippen molar-refractivity contribution in [1.29, 1.82) is 0 Å². The molecular formula is C11H13NO4. The first kappa shape index (κ1) is 10.7. The normalized spacial score (nSPS) is 14.6. The van der Waals surface area contributed by atoms with Crippen LogP contribution in [-0.2, 0) is 0 Å². The SMILES string of the molecule is COc1ccc([N+](=O)[O-])cc1OCC1CC1. The first-order chi connectivity index (χ1) is 7.70. The van der Waals surface area contributed by atoms with Gasteiger partial charge in [-0.1, -0.05) is 0 Å². The van der Waals surface area contributed by atoms with Gasteiger partial charge in [-0.05, 0) is 24.8 Å². The number of nitro groups is 1. The van der Waals surface area contributed by atoms with Gasteiger partial charge in [-0.25, -0.2) is 0 Å². The minimum Gasteiger partial charge on any atom is -0.493 e. The second kappa shape index (κ2) is 4.38. The average molecular weight is 223 g/mol. The van der Waals surface area contributed by atoms with Crippen molar-refractivity contribution in [3.05, 3.63) is 28.3 Å². The maximum absolute atomic E-state index is 10.6. The van der Waals surface area contributed by atoms with Crippen molar-refractivity contribution in [1.82, 2.24) is 0 Å². The van der Waals surface area contributed by atoms with Crippen molar-refractivity contribution in [3.63, 3.8) is 0 Å². The smallest absolute Gasteiger partial charge is 0.273 e. The van der Waals surface area contributed by atoms with E-state index in [1.165, 1.54) is 32.1 Å². The van der Waals surface area contributed by atoms with Gasteiger partial charge in [0.2, 0.25) is 0 Å². The molecule has 0 spiro atoms. The Hall–Kier alpha value is -1.78. The zero-order valence-corrected chi connectivity index (χ0v) is 9.01. The summed E-state index contributed by atoms with van der Waals surface area (Å²) in [6, 6.07) is 4.37. The van der Waals surface area contributed by atoms with E-state index < -0.39 is 4.92 Å². The van der Waals surface area contributed by atoms with Crippen LogP contribution in [0.5, 0.6) is 11.5 Å². The zero-order valence-electron chi connectivity index (χ0n) is 9.01. The zero-order chi connectivity index (χ0) is 11.5. The lowest BCUT2D eigenvalue weighted by molar-refractivity contribution is -0.385. The first-order valence-electron chi connectivity index (χ1n) is 5.16. The maximum Gasteiger partial charge on any atom is 0.273 e. The highest BCUT2D eigenvalue weighted by atomic mass is 16.6. The largest absolute Gasteiger partial charge is 0.493 e. The van der Waals surface area contributed by atoms with Crippen molar-refractivity contribution in [2.45, 2.75) is 12.8 Å². The third-order valence-corrected chi connectivity index (χ3v) is 2.53. The summed E-state index contributed by atoms with van der Waals surface area (Å²) >= 11 is 0. The van der Waals surface area contributed by atoms with Gasteiger partial charge in [-0.3, -0.25) is 10.1 Å². The van der Waals surface area contributed by atoms with Gasteiger partial charge in [0.05, 0.1) is 24.7 Å². The van der Waals surface area contributed by atoms with Gasteiger partial charge in [0, 0.05) is 6.07 Å². The Balaban J connectivity index is 2.16. The minimum absolute atomic E-state index is 0.0200. The predicted octanol–water partition coefficient (Wildman–Crippen LogP) is 2.39. The summed E-state index contributed by atoms with van der Waals surface area (Å²) in [6.07, 6.45) is 2.36. The van der Waals surface area contributed by atoms with E-state index in [0.717, 1.165) is 0 Å². The van der Waals surface area contributed by atoms with E-state index in [1.54, 1.807) is 6.07 Å². The average Bonchev–Trinajstić information content (AvgIpc) is 3.09. The molecule has 5 nitrogen and oxygen atoms in total. The molecule has 5 heteroatoms. The number of ether oxygens (including phenoxy) is 2. The number of benzene rings is 1. The van der Waals surface area contributed by atoms with E-state index in [-0.39, 0.29) is 5.69 Å². The van der Waals surface area contributed by atoms with Crippen molar-refractivity contribution < 1.29 is 14.4 Å². The summed E-state index contributed by atoms with van der Waals surface area (Å²) in [5, 5.41) is 10.6. The molecule has 1 aliphatic rings. The van der Waals surface area contributed by atoms with Crippen LogP contribution in [0.25, 0.3) is 0 Å². The highest BCUT2D eigenvalue weighted by Gasteiger charge is 2.23. The summed E-state index contributed by atoms with van der Waals surface area (Å²) in [5.74, 6) is 1.58. The van der Waals surface area contributed by atoms with Crippen LogP contribution < -0.4 is 9.47 Å². The topological polar surface area (TPSA) is 61.6 Å². The molecule has 1 aromatic rings. The van der Waals surface area contributed by atoms with Gasteiger partial charge in [-0.15, -0.1) is 0 Å². The van der Waals surface area contributed by atoms with Gasteiger partial charge in [0.15, 0.2) is 11.5 Å². The number of nitro benzene ring substituents is 1. The number of methoxy groups -OCH3 is 1. The van der Waals surface area contributed by atoms with E-state index in [9.17, 15) is 10.1 Å². The van der Waals surface area contributed by atoms with Crippen molar-refractivity contribution in [2.75, 3.05) is 13.7 Å². The molecule has 0 atom stereocenters. The van der Waals surface area contributed by atoms with Gasteiger partial charge in [0.25, 0.3) is 5.69 Å². The third-order valence-electron chi connectivity index (χ3n) is 2.53. The molecule has 0 aromatic heterocycles. The Bertz CT molecular complexity index is 401. The van der Waals surface area contributed by atoms with Crippen molar-refractivity contribution in [2.24, 2.45) is 5.92 Å². The Labute approximate surface area is 93.1 Å². The molecular weight excluding hydrogens is 210 g/mol. The molecule has 1 fully saturated rings. The molecule has 0 amide bonds. The lowest BCUT2D eigenvalue weighted by Crippen LogP contribution is -2.01. The van der Waals surface area contributed by atoms with Crippen LogP contribution in [0, 0.1) is 16.0 Å². The van der Waals surface area contributed by atoms with Crippen LogP contribution >= 0.6 is 0 Å². The molecule has 0 aliphatic heterocycles. The van der Waals surface area contributed by atoms with E-state index in [1.807, 2.05) is 0 Å². The molecule has 1 aliphatic carbocycles. The lowest BCUT2D eigenvalue weighted by Gasteiger charge is -2.09. The number of hydrogen-bond acceptors (Lipinski definition) is 4. The Kier molecular flexibility index (Phi) is 2.94. The fourth-order valence-corrected chi connectivity index (χ4v) is 1.38. The monoisotopic (exact) mass is 223 g/mol. The first-order valence-corrected chi connectivity index (χ1v) is 5.16. The van der Waals surface area contributed by atoms with Crippen LogP contribution in [0.3, 0.4) is 0 Å². The predicted molar refractivity (Wildman–Crippen MR) is 57.9 cm³/mol. The third kappa shape index (κ3) is 2.42. The number of rotatable bonds is 5. The number of hydrogen-bond donors (Lipinski definition) is 0. The van der Waals surface area contributed by atoms with Crippen molar-refractivity contribution in [3.8, 4) is 11.5 Å². The number of non-ortho nitro benzene ring substituents is 1. The van der Waals surface area contributed by atoms with Gasteiger partial charge < -0.3 is 9.47 Å². The van der Waals surface area contributed by atoms with Crippen LogP contribution in [-0.4, -0.2) is 18.6 Å². The Morgan fingerprint density at radius 1 is 1.44 bits per heavy atom. The summed E-state index contributed by atoms with van der Waals surface area (Å²) in [5.41, 5.74) is 0.0200. The molecule has 1 saturated carbocycles. The summed E-state index contributed by atoms with van der Waals surface area (Å²) in [6.45, 7) is 0.609. The van der Waals surface area contributed by atoms with E-state index in [0.29, 0.717) is 24.0 Å². The van der Waals surface area contributed by atoms with Crippen LogP contribution in [0.2, 0.25) is 0 Å². The van der Waals surface area contributed by atoms with Crippen LogP contribution in [0.4, 0.5) is 5.69 Å². The van der Waals surface area contributed by atoms with E-state index in [4.69, 9.17) is 9.47 Å². The maximum atomic E-state index is 10.6. The van der Waals surface area contributed by atoms with Crippen molar-refractivity contribution >= 4 is 5.69 Å².